The van der Waals surface area contributed by atoms with Gasteiger partial charge in [0.1, 0.15) is 0 Å². The Balaban J connectivity index is 2.41. The number of rotatable bonds is 4. The van der Waals surface area contributed by atoms with Gasteiger partial charge in [-0.3, -0.25) is 0 Å². The summed E-state index contributed by atoms with van der Waals surface area (Å²) in [5, 5.41) is 0. The summed E-state index contributed by atoms with van der Waals surface area (Å²) in [7, 11) is 0. The summed E-state index contributed by atoms with van der Waals surface area (Å²) in [5.74, 6) is 0.744. The first-order valence-corrected chi connectivity index (χ1v) is 4.43. The average molecular weight is 167 g/mol. The van der Waals surface area contributed by atoms with E-state index in [1.165, 1.54) is 6.42 Å². The molecule has 0 saturated carbocycles. The van der Waals surface area contributed by atoms with Crippen LogP contribution in [0.15, 0.2) is 12.5 Å². The Bertz CT molecular complexity index is 227. The lowest BCUT2D eigenvalue weighted by atomic mass is 10.1. The van der Waals surface area contributed by atoms with Crippen LogP contribution >= 0.6 is 0 Å². The van der Waals surface area contributed by atoms with Crippen LogP contribution < -0.4 is 5.73 Å². The SMILES string of the molecule is CC(C)CCn1cnc(CN)c1. The van der Waals surface area contributed by atoms with Crippen molar-refractivity contribution in [1.82, 2.24) is 9.55 Å². The van der Waals surface area contributed by atoms with Crippen LogP contribution in [0.25, 0.3) is 0 Å². The van der Waals surface area contributed by atoms with Gasteiger partial charge in [-0.25, -0.2) is 4.98 Å². The molecule has 2 N–H and O–H groups in total. The molecular weight excluding hydrogens is 150 g/mol. The molecule has 0 unspecified atom stereocenters. The second kappa shape index (κ2) is 4.26. The molecule has 0 bridgehead atoms. The largest absolute Gasteiger partial charge is 0.337 e. The number of imidazole rings is 1. The van der Waals surface area contributed by atoms with Gasteiger partial charge in [0.2, 0.25) is 0 Å². The molecule has 0 aliphatic rings. The van der Waals surface area contributed by atoms with Gasteiger partial charge in [-0.1, -0.05) is 13.8 Å². The third kappa shape index (κ3) is 2.66. The summed E-state index contributed by atoms with van der Waals surface area (Å²) < 4.78 is 2.10. The van der Waals surface area contributed by atoms with Crippen LogP contribution in [0.5, 0.6) is 0 Å². The molecule has 12 heavy (non-hydrogen) atoms. The first-order chi connectivity index (χ1) is 5.72. The first-order valence-electron chi connectivity index (χ1n) is 4.43. The van der Waals surface area contributed by atoms with Crippen molar-refractivity contribution in [3.63, 3.8) is 0 Å². The summed E-state index contributed by atoms with van der Waals surface area (Å²) in [6.07, 6.45) is 5.06. The van der Waals surface area contributed by atoms with E-state index < -0.39 is 0 Å². The molecule has 3 nitrogen and oxygen atoms in total. The summed E-state index contributed by atoms with van der Waals surface area (Å²) >= 11 is 0. The summed E-state index contributed by atoms with van der Waals surface area (Å²) in [4.78, 5) is 4.15. The highest BCUT2D eigenvalue weighted by Gasteiger charge is 1.97. The maximum absolute atomic E-state index is 5.44. The Hall–Kier alpha value is -0.830. The predicted molar refractivity (Wildman–Crippen MR) is 49.6 cm³/mol. The fourth-order valence-electron chi connectivity index (χ4n) is 1.04. The minimum atomic E-state index is 0.536. The van der Waals surface area contributed by atoms with E-state index in [1.54, 1.807) is 0 Å². The molecule has 1 heterocycles. The van der Waals surface area contributed by atoms with Gasteiger partial charge in [-0.2, -0.15) is 0 Å². The molecule has 0 fully saturated rings. The molecule has 1 aromatic heterocycles. The lowest BCUT2D eigenvalue weighted by Crippen LogP contribution is -1.99. The topological polar surface area (TPSA) is 43.8 Å². The van der Waals surface area contributed by atoms with Gasteiger partial charge >= 0.3 is 0 Å². The van der Waals surface area contributed by atoms with Gasteiger partial charge in [0.15, 0.2) is 0 Å². The normalized spacial score (nSPS) is 11.0. The van der Waals surface area contributed by atoms with E-state index in [9.17, 15) is 0 Å². The van der Waals surface area contributed by atoms with Crippen LogP contribution in [0.3, 0.4) is 0 Å². The second-order valence-corrected chi connectivity index (χ2v) is 3.49. The van der Waals surface area contributed by atoms with Crippen LogP contribution in [0, 0.1) is 5.92 Å². The summed E-state index contributed by atoms with van der Waals surface area (Å²) in [5.41, 5.74) is 6.41. The van der Waals surface area contributed by atoms with Crippen molar-refractivity contribution in [2.75, 3.05) is 0 Å². The molecule has 1 aromatic rings. The second-order valence-electron chi connectivity index (χ2n) is 3.49. The standard InChI is InChI=1S/C9H17N3/c1-8(2)3-4-12-6-9(5-10)11-7-12/h6-8H,3-5,10H2,1-2H3. The number of nitrogens with two attached hydrogens (primary N) is 1. The van der Waals surface area contributed by atoms with E-state index in [4.69, 9.17) is 5.73 Å². The minimum Gasteiger partial charge on any atom is -0.337 e. The Morgan fingerprint density at radius 1 is 1.58 bits per heavy atom. The number of aryl methyl sites for hydroxylation is 1. The van der Waals surface area contributed by atoms with Crippen molar-refractivity contribution >= 4 is 0 Å². The monoisotopic (exact) mass is 167 g/mol. The zero-order valence-electron chi connectivity index (χ0n) is 7.83. The Morgan fingerprint density at radius 3 is 2.83 bits per heavy atom. The zero-order chi connectivity index (χ0) is 8.97. The molecule has 0 radical (unpaired) electrons. The van der Waals surface area contributed by atoms with Gasteiger partial charge in [0.05, 0.1) is 12.0 Å². The van der Waals surface area contributed by atoms with Gasteiger partial charge < -0.3 is 10.3 Å². The van der Waals surface area contributed by atoms with Crippen LogP contribution in [-0.2, 0) is 13.1 Å². The zero-order valence-corrected chi connectivity index (χ0v) is 7.83. The lowest BCUT2D eigenvalue weighted by Gasteiger charge is -2.03. The summed E-state index contributed by atoms with van der Waals surface area (Å²) in [6, 6.07) is 0. The van der Waals surface area contributed by atoms with Gasteiger partial charge in [-0.15, -0.1) is 0 Å². The number of hydrogen-bond acceptors (Lipinski definition) is 2. The number of nitrogens with zero attached hydrogens (tertiary/aromatic N) is 2. The molecule has 1 rings (SSSR count). The highest BCUT2D eigenvalue weighted by Crippen LogP contribution is 2.03. The van der Waals surface area contributed by atoms with E-state index in [2.05, 4.69) is 23.4 Å². The molecule has 0 aliphatic heterocycles. The van der Waals surface area contributed by atoms with Gasteiger partial charge in [-0.05, 0) is 12.3 Å². The molecule has 0 aromatic carbocycles. The maximum atomic E-state index is 5.44. The van der Waals surface area contributed by atoms with E-state index in [0.717, 1.165) is 18.2 Å². The van der Waals surface area contributed by atoms with Crippen LogP contribution in [-0.4, -0.2) is 9.55 Å². The molecule has 0 amide bonds. The van der Waals surface area contributed by atoms with Crippen LogP contribution in [0.4, 0.5) is 0 Å². The third-order valence-corrected chi connectivity index (χ3v) is 1.86. The first kappa shape index (κ1) is 9.26. The van der Waals surface area contributed by atoms with Crippen molar-refractivity contribution in [1.29, 1.82) is 0 Å². The maximum Gasteiger partial charge on any atom is 0.0949 e. The predicted octanol–water partition coefficient (Wildman–Crippen LogP) is 1.39. The van der Waals surface area contributed by atoms with Crippen molar-refractivity contribution in [3.05, 3.63) is 18.2 Å². The minimum absolute atomic E-state index is 0.536. The number of aromatic nitrogens is 2. The molecule has 0 saturated heterocycles. The Morgan fingerprint density at radius 2 is 2.33 bits per heavy atom. The quantitative estimate of drug-likeness (QED) is 0.736. The third-order valence-electron chi connectivity index (χ3n) is 1.86. The fraction of sp³-hybridized carbons (Fsp3) is 0.667. The van der Waals surface area contributed by atoms with E-state index in [0.29, 0.717) is 6.54 Å². The van der Waals surface area contributed by atoms with E-state index >= 15 is 0 Å². The van der Waals surface area contributed by atoms with Crippen molar-refractivity contribution in [2.24, 2.45) is 11.7 Å². The van der Waals surface area contributed by atoms with Crippen molar-refractivity contribution < 1.29 is 0 Å². The Labute approximate surface area is 73.6 Å². The molecule has 0 atom stereocenters. The van der Waals surface area contributed by atoms with Crippen LogP contribution in [0.1, 0.15) is 26.0 Å². The van der Waals surface area contributed by atoms with Crippen molar-refractivity contribution in [3.8, 4) is 0 Å². The smallest absolute Gasteiger partial charge is 0.0949 e. The van der Waals surface area contributed by atoms with Crippen LogP contribution in [0.2, 0.25) is 0 Å². The average Bonchev–Trinajstić information content (AvgIpc) is 2.48. The highest BCUT2D eigenvalue weighted by molar-refractivity contribution is 4.95. The van der Waals surface area contributed by atoms with E-state index in [-0.39, 0.29) is 0 Å². The summed E-state index contributed by atoms with van der Waals surface area (Å²) in [6.45, 7) is 6.03. The van der Waals surface area contributed by atoms with Gasteiger partial charge in [0.25, 0.3) is 0 Å². The van der Waals surface area contributed by atoms with Gasteiger partial charge in [0, 0.05) is 19.3 Å². The van der Waals surface area contributed by atoms with Crippen molar-refractivity contribution in [2.45, 2.75) is 33.4 Å². The fourth-order valence-corrected chi connectivity index (χ4v) is 1.04. The Kier molecular flexibility index (Phi) is 3.29. The molecule has 3 heteroatoms. The number of hydrogen-bond donors (Lipinski definition) is 1. The van der Waals surface area contributed by atoms with E-state index in [1.807, 2.05) is 12.5 Å². The molecular formula is C9H17N3. The molecule has 0 spiro atoms. The lowest BCUT2D eigenvalue weighted by molar-refractivity contribution is 0.516. The molecule has 68 valence electrons. The highest BCUT2D eigenvalue weighted by atomic mass is 15.0. The molecule has 0 aliphatic carbocycles.